The van der Waals surface area contributed by atoms with E-state index in [0.29, 0.717) is 21.5 Å². The zero-order valence-electron chi connectivity index (χ0n) is 10.7. The summed E-state index contributed by atoms with van der Waals surface area (Å²) in [5.41, 5.74) is -1.02. The van der Waals surface area contributed by atoms with Gasteiger partial charge in [-0.2, -0.15) is 0 Å². The lowest BCUT2D eigenvalue weighted by Crippen LogP contribution is -2.53. The standard InChI is InChI=1S/C13H14Cl2N2O2S/c14-9-2-3-11(10(15)6-9)19-7-13(18)8-20-12-16-4-1-5-17(12)13/h2-3,6,18H,1,4-5,7-8H2. The normalized spacial score (nSPS) is 25.4. The molecule has 1 fully saturated rings. The van der Waals surface area contributed by atoms with E-state index in [1.165, 1.54) is 0 Å². The van der Waals surface area contributed by atoms with Crippen LogP contribution in [0, 0.1) is 0 Å². The number of hydrogen-bond donors (Lipinski definition) is 1. The Bertz CT molecular complexity index is 555. The third kappa shape index (κ3) is 2.72. The van der Waals surface area contributed by atoms with Gasteiger partial charge in [0.1, 0.15) is 12.4 Å². The summed E-state index contributed by atoms with van der Waals surface area (Å²) in [5, 5.41) is 12.6. The minimum Gasteiger partial charge on any atom is -0.487 e. The van der Waals surface area contributed by atoms with E-state index < -0.39 is 5.72 Å². The number of fused-ring (bicyclic) bond motifs is 1. The highest BCUT2D eigenvalue weighted by molar-refractivity contribution is 8.14. The van der Waals surface area contributed by atoms with Crippen LogP contribution in [-0.2, 0) is 0 Å². The molecular weight excluding hydrogens is 319 g/mol. The number of amidine groups is 1. The van der Waals surface area contributed by atoms with Crippen molar-refractivity contribution in [3.8, 4) is 5.75 Å². The van der Waals surface area contributed by atoms with E-state index in [0.717, 1.165) is 24.7 Å². The summed E-state index contributed by atoms with van der Waals surface area (Å²) in [6.45, 7) is 1.79. The summed E-state index contributed by atoms with van der Waals surface area (Å²) in [6, 6.07) is 5.05. The van der Waals surface area contributed by atoms with Crippen LogP contribution in [0.15, 0.2) is 23.2 Å². The zero-order valence-corrected chi connectivity index (χ0v) is 13.0. The maximum atomic E-state index is 10.7. The van der Waals surface area contributed by atoms with Gasteiger partial charge in [-0.05, 0) is 24.6 Å². The smallest absolute Gasteiger partial charge is 0.183 e. The van der Waals surface area contributed by atoms with Crippen LogP contribution in [-0.4, -0.2) is 46.3 Å². The molecule has 7 heteroatoms. The molecule has 1 unspecified atom stereocenters. The number of aliphatic hydroxyl groups is 1. The van der Waals surface area contributed by atoms with E-state index in [-0.39, 0.29) is 6.61 Å². The Kier molecular flexibility index (Phi) is 4.04. The average Bonchev–Trinajstić information content (AvgIpc) is 2.77. The number of benzene rings is 1. The monoisotopic (exact) mass is 332 g/mol. The Morgan fingerprint density at radius 1 is 1.45 bits per heavy atom. The molecule has 0 bridgehead atoms. The molecule has 2 aliphatic heterocycles. The lowest BCUT2D eigenvalue weighted by Gasteiger charge is -2.35. The number of halogens is 2. The van der Waals surface area contributed by atoms with Crippen LogP contribution in [0.2, 0.25) is 10.0 Å². The van der Waals surface area contributed by atoms with Crippen LogP contribution >= 0.6 is 35.0 Å². The van der Waals surface area contributed by atoms with Crippen LogP contribution in [0.4, 0.5) is 0 Å². The first-order chi connectivity index (χ1) is 9.58. The average molecular weight is 333 g/mol. The summed E-state index contributed by atoms with van der Waals surface area (Å²) in [5.74, 6) is 1.08. The molecule has 0 aromatic heterocycles. The third-order valence-corrected chi connectivity index (χ3v) is 5.05. The van der Waals surface area contributed by atoms with E-state index in [4.69, 9.17) is 27.9 Å². The quantitative estimate of drug-likeness (QED) is 0.924. The first-order valence-corrected chi connectivity index (χ1v) is 8.08. The minimum atomic E-state index is -1.02. The van der Waals surface area contributed by atoms with E-state index in [2.05, 4.69) is 4.99 Å². The molecule has 0 aliphatic carbocycles. The number of ether oxygens (including phenoxy) is 1. The van der Waals surface area contributed by atoms with Crippen molar-refractivity contribution in [1.82, 2.24) is 4.90 Å². The SMILES string of the molecule is OC1(COc2ccc(Cl)cc2Cl)CSC2=NCCCN21. The molecular formula is C13H14Cl2N2O2S. The van der Waals surface area contributed by atoms with E-state index in [9.17, 15) is 5.11 Å². The van der Waals surface area contributed by atoms with Crippen molar-refractivity contribution in [2.45, 2.75) is 12.1 Å². The van der Waals surface area contributed by atoms with E-state index >= 15 is 0 Å². The van der Waals surface area contributed by atoms with Gasteiger partial charge in [-0.15, -0.1) is 0 Å². The van der Waals surface area contributed by atoms with Crippen molar-refractivity contribution >= 4 is 40.1 Å². The molecule has 0 spiro atoms. The van der Waals surface area contributed by atoms with Crippen LogP contribution in [0.25, 0.3) is 0 Å². The second-order valence-electron chi connectivity index (χ2n) is 4.80. The second-order valence-corrected chi connectivity index (χ2v) is 6.59. The van der Waals surface area contributed by atoms with Crippen molar-refractivity contribution in [2.24, 2.45) is 4.99 Å². The zero-order chi connectivity index (χ0) is 14.2. The molecule has 2 heterocycles. The van der Waals surface area contributed by atoms with Gasteiger partial charge in [-0.1, -0.05) is 35.0 Å². The van der Waals surface area contributed by atoms with Crippen molar-refractivity contribution < 1.29 is 9.84 Å². The topological polar surface area (TPSA) is 45.1 Å². The molecule has 108 valence electrons. The summed E-state index contributed by atoms with van der Waals surface area (Å²) >= 11 is 13.5. The predicted molar refractivity (Wildman–Crippen MR) is 83.0 cm³/mol. The summed E-state index contributed by atoms with van der Waals surface area (Å²) in [7, 11) is 0. The molecule has 0 amide bonds. The molecule has 2 aliphatic rings. The molecule has 1 aromatic carbocycles. The highest BCUT2D eigenvalue weighted by atomic mass is 35.5. The van der Waals surface area contributed by atoms with Gasteiger partial charge in [0, 0.05) is 18.1 Å². The predicted octanol–water partition coefficient (Wildman–Crippen LogP) is 2.87. The number of rotatable bonds is 3. The van der Waals surface area contributed by atoms with Crippen LogP contribution in [0.1, 0.15) is 6.42 Å². The van der Waals surface area contributed by atoms with Gasteiger partial charge in [0.15, 0.2) is 10.9 Å². The number of thioether (sulfide) groups is 1. The number of hydrogen-bond acceptors (Lipinski definition) is 5. The lowest BCUT2D eigenvalue weighted by molar-refractivity contribution is -0.0751. The van der Waals surface area contributed by atoms with Crippen molar-refractivity contribution in [1.29, 1.82) is 0 Å². The minimum absolute atomic E-state index is 0.153. The van der Waals surface area contributed by atoms with E-state index in [1.807, 2.05) is 4.90 Å². The lowest BCUT2D eigenvalue weighted by atomic mass is 10.2. The summed E-state index contributed by atoms with van der Waals surface area (Å²) in [4.78, 5) is 6.34. The molecule has 1 atom stereocenters. The van der Waals surface area contributed by atoms with Crippen LogP contribution in [0.5, 0.6) is 5.75 Å². The Labute approximate surface area is 131 Å². The van der Waals surface area contributed by atoms with Crippen LogP contribution in [0.3, 0.4) is 0 Å². The summed E-state index contributed by atoms with van der Waals surface area (Å²) in [6.07, 6.45) is 0.952. The van der Waals surface area contributed by atoms with Gasteiger partial charge >= 0.3 is 0 Å². The Morgan fingerprint density at radius 3 is 3.10 bits per heavy atom. The Morgan fingerprint density at radius 2 is 2.30 bits per heavy atom. The molecule has 4 nitrogen and oxygen atoms in total. The first-order valence-electron chi connectivity index (χ1n) is 6.34. The van der Waals surface area contributed by atoms with Crippen molar-refractivity contribution in [3.63, 3.8) is 0 Å². The second kappa shape index (κ2) is 5.64. The fourth-order valence-electron chi connectivity index (χ4n) is 2.26. The molecule has 1 saturated heterocycles. The highest BCUT2D eigenvalue weighted by Gasteiger charge is 2.44. The number of aliphatic imine (C=N–C) groups is 1. The van der Waals surface area contributed by atoms with E-state index in [1.54, 1.807) is 30.0 Å². The maximum absolute atomic E-state index is 10.7. The van der Waals surface area contributed by atoms with Crippen molar-refractivity contribution in [3.05, 3.63) is 28.2 Å². The number of nitrogens with zero attached hydrogens (tertiary/aromatic N) is 2. The van der Waals surface area contributed by atoms with Gasteiger partial charge in [-0.25, -0.2) is 0 Å². The molecule has 1 aromatic rings. The highest BCUT2D eigenvalue weighted by Crippen LogP contribution is 2.35. The molecule has 3 rings (SSSR count). The fourth-order valence-corrected chi connectivity index (χ4v) is 3.92. The van der Waals surface area contributed by atoms with Crippen LogP contribution < -0.4 is 4.74 Å². The Hall–Kier alpha value is -0.620. The first kappa shape index (κ1) is 14.3. The third-order valence-electron chi connectivity index (χ3n) is 3.31. The van der Waals surface area contributed by atoms with Gasteiger partial charge in [0.2, 0.25) is 0 Å². The Balaban J connectivity index is 1.71. The molecule has 0 radical (unpaired) electrons. The van der Waals surface area contributed by atoms with Crippen molar-refractivity contribution in [2.75, 3.05) is 25.4 Å². The maximum Gasteiger partial charge on any atom is 0.183 e. The van der Waals surface area contributed by atoms with Gasteiger partial charge in [0.05, 0.1) is 10.8 Å². The van der Waals surface area contributed by atoms with Gasteiger partial charge in [0.25, 0.3) is 0 Å². The fraction of sp³-hybridized carbons (Fsp3) is 0.462. The van der Waals surface area contributed by atoms with Gasteiger partial charge in [-0.3, -0.25) is 4.99 Å². The largest absolute Gasteiger partial charge is 0.487 e. The molecule has 0 saturated carbocycles. The molecule has 1 N–H and O–H groups in total. The molecule has 20 heavy (non-hydrogen) atoms. The van der Waals surface area contributed by atoms with Gasteiger partial charge < -0.3 is 14.7 Å². The summed E-state index contributed by atoms with van der Waals surface area (Å²) < 4.78 is 5.68.